The van der Waals surface area contributed by atoms with Crippen LogP contribution >= 0.6 is 0 Å². The first-order chi connectivity index (χ1) is 13.9. The summed E-state index contributed by atoms with van der Waals surface area (Å²) in [4.78, 5) is 28.9. The van der Waals surface area contributed by atoms with Crippen molar-refractivity contribution in [3.8, 4) is 5.75 Å². The summed E-state index contributed by atoms with van der Waals surface area (Å²) < 4.78 is 28.8. The topological polar surface area (TPSA) is 61.9 Å². The Bertz CT molecular complexity index is 706. The second-order valence-electron chi connectivity index (χ2n) is 8.05. The van der Waals surface area contributed by atoms with Gasteiger partial charge in [0.15, 0.2) is 0 Å². The molecule has 2 fully saturated rings. The number of hydrogen-bond acceptors (Lipinski definition) is 4. The number of nitrogens with one attached hydrogen (secondary N) is 1. The van der Waals surface area contributed by atoms with Crippen LogP contribution in [0, 0.1) is 0 Å². The van der Waals surface area contributed by atoms with E-state index in [-0.39, 0.29) is 17.7 Å². The predicted molar refractivity (Wildman–Crippen MR) is 105 cm³/mol. The van der Waals surface area contributed by atoms with Crippen LogP contribution in [0.4, 0.5) is 13.6 Å². The fourth-order valence-corrected chi connectivity index (χ4v) is 3.93. The lowest BCUT2D eigenvalue weighted by Gasteiger charge is -2.28. The number of amides is 3. The minimum Gasteiger partial charge on any atom is -0.435 e. The molecule has 2 aliphatic rings. The molecule has 2 saturated heterocycles. The molecule has 2 aliphatic heterocycles. The van der Waals surface area contributed by atoms with Gasteiger partial charge in [-0.15, -0.1) is 0 Å². The van der Waals surface area contributed by atoms with Gasteiger partial charge in [-0.1, -0.05) is 31.4 Å². The molecule has 0 radical (unpaired) electrons. The predicted octanol–water partition coefficient (Wildman–Crippen LogP) is 3.75. The van der Waals surface area contributed by atoms with E-state index in [1.54, 1.807) is 19.1 Å². The molecule has 1 N–H and O–H groups in total. The summed E-state index contributed by atoms with van der Waals surface area (Å²) in [7, 11) is 0. The Labute approximate surface area is 170 Å². The fraction of sp³-hybridized carbons (Fsp3) is 0.619. The summed E-state index contributed by atoms with van der Waals surface area (Å²) in [6.45, 7) is 1.03. The van der Waals surface area contributed by atoms with Crippen LogP contribution in [0.5, 0.6) is 5.75 Å². The smallest absolute Gasteiger partial charge is 0.387 e. The highest BCUT2D eigenvalue weighted by molar-refractivity contribution is 6.06. The lowest BCUT2D eigenvalue weighted by Crippen LogP contribution is -2.46. The lowest BCUT2D eigenvalue weighted by atomic mass is 9.93. The third kappa shape index (κ3) is 5.65. The highest BCUT2D eigenvalue weighted by atomic mass is 19.3. The van der Waals surface area contributed by atoms with Crippen molar-refractivity contribution in [2.24, 2.45) is 0 Å². The fourth-order valence-electron chi connectivity index (χ4n) is 3.93. The summed E-state index contributed by atoms with van der Waals surface area (Å²) in [5, 5.41) is 2.84. The number of benzene rings is 1. The monoisotopic (exact) mass is 409 g/mol. The SMILES string of the molecule is C[C@]1(CCc2ccc(OC(F)F)cc2)NC(=O)N(CN2CCCCCCC2)C1=O. The highest BCUT2D eigenvalue weighted by Crippen LogP contribution is 2.25. The molecule has 3 amide bonds. The van der Waals surface area contributed by atoms with E-state index < -0.39 is 12.2 Å². The molecular formula is C21H29F2N3O3. The van der Waals surface area contributed by atoms with Gasteiger partial charge in [0.1, 0.15) is 11.3 Å². The number of likely N-dealkylation sites (tertiary alicyclic amines) is 1. The number of carbonyl (C=O) groups is 2. The van der Waals surface area contributed by atoms with Crippen molar-refractivity contribution in [1.29, 1.82) is 0 Å². The Hall–Kier alpha value is -2.22. The maximum atomic E-state index is 13.0. The number of ether oxygens (including phenoxy) is 1. The quantitative estimate of drug-likeness (QED) is 0.697. The van der Waals surface area contributed by atoms with Crippen molar-refractivity contribution in [3.63, 3.8) is 0 Å². The zero-order valence-electron chi connectivity index (χ0n) is 16.8. The van der Waals surface area contributed by atoms with Gasteiger partial charge in [-0.25, -0.2) is 9.69 Å². The maximum absolute atomic E-state index is 13.0. The Morgan fingerprint density at radius 2 is 1.69 bits per heavy atom. The summed E-state index contributed by atoms with van der Waals surface area (Å²) >= 11 is 0. The van der Waals surface area contributed by atoms with Crippen LogP contribution in [0.1, 0.15) is 51.0 Å². The van der Waals surface area contributed by atoms with Gasteiger partial charge in [0, 0.05) is 0 Å². The number of rotatable bonds is 7. The van der Waals surface area contributed by atoms with Gasteiger partial charge in [-0.05, 0) is 63.4 Å². The van der Waals surface area contributed by atoms with E-state index >= 15 is 0 Å². The number of nitrogens with zero attached hydrogens (tertiary/aromatic N) is 2. The molecule has 2 heterocycles. The van der Waals surface area contributed by atoms with Crippen LogP contribution in [0.15, 0.2) is 24.3 Å². The molecule has 0 bridgehead atoms. The van der Waals surface area contributed by atoms with Gasteiger partial charge >= 0.3 is 12.6 Å². The highest BCUT2D eigenvalue weighted by Gasteiger charge is 2.47. The van der Waals surface area contributed by atoms with Crippen molar-refractivity contribution in [1.82, 2.24) is 15.1 Å². The Morgan fingerprint density at radius 1 is 1.07 bits per heavy atom. The van der Waals surface area contributed by atoms with Crippen LogP contribution in [0.3, 0.4) is 0 Å². The van der Waals surface area contributed by atoms with Crippen molar-refractivity contribution in [3.05, 3.63) is 29.8 Å². The Kier molecular flexibility index (Phi) is 7.05. The lowest BCUT2D eigenvalue weighted by molar-refractivity contribution is -0.132. The summed E-state index contributed by atoms with van der Waals surface area (Å²) in [6, 6.07) is 6.00. The van der Waals surface area contributed by atoms with Crippen molar-refractivity contribution >= 4 is 11.9 Å². The minimum absolute atomic E-state index is 0.0969. The molecule has 0 aliphatic carbocycles. The second-order valence-corrected chi connectivity index (χ2v) is 8.05. The molecule has 0 saturated carbocycles. The minimum atomic E-state index is -2.86. The van der Waals surface area contributed by atoms with Crippen molar-refractivity contribution in [2.75, 3.05) is 19.8 Å². The molecule has 0 unspecified atom stereocenters. The van der Waals surface area contributed by atoms with E-state index in [1.807, 2.05) is 0 Å². The van der Waals surface area contributed by atoms with Crippen LogP contribution in [-0.4, -0.2) is 53.6 Å². The van der Waals surface area contributed by atoms with E-state index in [0.29, 0.717) is 19.5 Å². The number of halogens is 2. The zero-order chi connectivity index (χ0) is 20.9. The first-order valence-electron chi connectivity index (χ1n) is 10.3. The standard InChI is InChI=1S/C21H29F2N3O3/c1-21(12-11-16-7-9-17(10-8-16)29-19(22)23)18(27)26(20(28)24-21)15-25-13-5-3-2-4-6-14-25/h7-10,19H,2-6,11-15H2,1H3,(H,24,28)/t21-/m1/s1. The van der Waals surface area contributed by atoms with E-state index in [1.165, 1.54) is 36.3 Å². The molecule has 8 heteroatoms. The molecule has 3 rings (SSSR count). The number of hydrogen-bond donors (Lipinski definition) is 1. The average Bonchev–Trinajstić information content (AvgIpc) is 2.86. The summed E-state index contributed by atoms with van der Waals surface area (Å²) in [5.74, 6) is -0.109. The molecule has 160 valence electrons. The Balaban J connectivity index is 1.56. The molecule has 1 aromatic rings. The van der Waals surface area contributed by atoms with Gasteiger partial charge in [0.05, 0.1) is 6.67 Å². The maximum Gasteiger partial charge on any atom is 0.387 e. The molecular weight excluding hydrogens is 380 g/mol. The zero-order valence-corrected chi connectivity index (χ0v) is 16.8. The first kappa shape index (κ1) is 21.5. The normalized spacial score (nSPS) is 23.8. The van der Waals surface area contributed by atoms with Gasteiger partial charge in [-0.2, -0.15) is 8.78 Å². The van der Waals surface area contributed by atoms with Crippen LogP contribution in [0.2, 0.25) is 0 Å². The largest absolute Gasteiger partial charge is 0.435 e. The number of carbonyl (C=O) groups excluding carboxylic acids is 2. The van der Waals surface area contributed by atoms with Crippen LogP contribution < -0.4 is 10.1 Å². The molecule has 1 atom stereocenters. The Morgan fingerprint density at radius 3 is 2.31 bits per heavy atom. The number of urea groups is 1. The number of alkyl halides is 2. The van der Waals surface area contributed by atoms with Crippen molar-refractivity contribution in [2.45, 2.75) is 64.0 Å². The average molecular weight is 409 g/mol. The third-order valence-electron chi connectivity index (χ3n) is 5.70. The third-order valence-corrected chi connectivity index (χ3v) is 5.70. The van der Waals surface area contributed by atoms with Crippen LogP contribution in [0.25, 0.3) is 0 Å². The van der Waals surface area contributed by atoms with Gasteiger partial charge in [0.2, 0.25) is 0 Å². The van der Waals surface area contributed by atoms with Gasteiger partial charge in [-0.3, -0.25) is 9.69 Å². The summed E-state index contributed by atoms with van der Waals surface area (Å²) in [6.07, 6.45) is 6.78. The molecule has 1 aromatic carbocycles. The molecule has 0 aromatic heterocycles. The first-order valence-corrected chi connectivity index (χ1v) is 10.3. The molecule has 0 spiro atoms. The number of imide groups is 1. The van der Waals surface area contributed by atoms with Crippen LogP contribution in [-0.2, 0) is 11.2 Å². The van der Waals surface area contributed by atoms with E-state index in [9.17, 15) is 18.4 Å². The summed E-state index contributed by atoms with van der Waals surface area (Å²) in [5.41, 5.74) is -0.0741. The van der Waals surface area contributed by atoms with Gasteiger partial charge < -0.3 is 10.1 Å². The van der Waals surface area contributed by atoms with E-state index in [0.717, 1.165) is 31.5 Å². The second kappa shape index (κ2) is 9.52. The van der Waals surface area contributed by atoms with E-state index in [4.69, 9.17) is 0 Å². The van der Waals surface area contributed by atoms with Crippen molar-refractivity contribution < 1.29 is 23.1 Å². The number of aryl methyl sites for hydroxylation is 1. The molecule has 6 nitrogen and oxygen atoms in total. The molecule has 29 heavy (non-hydrogen) atoms. The van der Waals surface area contributed by atoms with E-state index in [2.05, 4.69) is 15.0 Å². The van der Waals surface area contributed by atoms with Gasteiger partial charge in [0.25, 0.3) is 5.91 Å².